The topological polar surface area (TPSA) is 58.6 Å². The van der Waals surface area contributed by atoms with Crippen molar-refractivity contribution in [1.82, 2.24) is 4.90 Å². The summed E-state index contributed by atoms with van der Waals surface area (Å²) in [7, 11) is 1.31. The first kappa shape index (κ1) is 17.6. The number of anilines is 1. The number of likely N-dealkylation sites (tertiary alicyclic amines) is 1. The largest absolute Gasteiger partial charge is 0.465 e. The molecule has 1 aliphatic rings. The summed E-state index contributed by atoms with van der Waals surface area (Å²) in [5, 5.41) is 3.40. The van der Waals surface area contributed by atoms with Crippen LogP contribution < -0.4 is 5.32 Å². The van der Waals surface area contributed by atoms with Crippen LogP contribution in [0.15, 0.2) is 18.2 Å². The summed E-state index contributed by atoms with van der Waals surface area (Å²) in [6.45, 7) is 1.87. The van der Waals surface area contributed by atoms with Crippen LogP contribution in [0.3, 0.4) is 0 Å². The molecule has 5 nitrogen and oxygen atoms in total. The number of amides is 1. The lowest BCUT2D eigenvalue weighted by Crippen LogP contribution is -2.37. The number of carbonyl (C=O) groups excluding carboxylic acids is 2. The average Bonchev–Trinajstić information content (AvgIpc) is 2.52. The quantitative estimate of drug-likeness (QED) is 0.855. The number of nitrogens with one attached hydrogen (secondary N) is 1. The molecule has 1 aromatic carbocycles. The molecule has 1 amide bonds. The molecule has 1 N–H and O–H groups in total. The Bertz CT molecular complexity index is 555. The van der Waals surface area contributed by atoms with E-state index in [2.05, 4.69) is 5.32 Å². The molecular formula is C17H23ClN2O3. The molecule has 0 saturated carbocycles. The van der Waals surface area contributed by atoms with Gasteiger partial charge in [-0.15, -0.1) is 0 Å². The van der Waals surface area contributed by atoms with Crippen molar-refractivity contribution < 1.29 is 14.3 Å². The summed E-state index contributed by atoms with van der Waals surface area (Å²) in [6, 6.07) is 4.97. The van der Waals surface area contributed by atoms with Gasteiger partial charge in [0.1, 0.15) is 0 Å². The molecule has 0 bridgehead atoms. The fourth-order valence-corrected chi connectivity index (χ4v) is 2.88. The van der Waals surface area contributed by atoms with Gasteiger partial charge in [-0.2, -0.15) is 0 Å². The predicted octanol–water partition coefficient (Wildman–Crippen LogP) is 3.33. The Balaban J connectivity index is 1.94. The smallest absolute Gasteiger partial charge is 0.339 e. The van der Waals surface area contributed by atoms with Gasteiger partial charge in [0.25, 0.3) is 0 Å². The normalized spacial score (nSPS) is 15.5. The van der Waals surface area contributed by atoms with E-state index in [9.17, 15) is 9.59 Å². The monoisotopic (exact) mass is 338 g/mol. The van der Waals surface area contributed by atoms with Gasteiger partial charge in [-0.05, 0) is 31.0 Å². The minimum atomic E-state index is -0.492. The lowest BCUT2D eigenvalue weighted by Gasteiger charge is -2.25. The molecule has 2 rings (SSSR count). The third-order valence-electron chi connectivity index (χ3n) is 4.02. The zero-order chi connectivity index (χ0) is 16.7. The standard InChI is InChI=1S/C17H23ClN2O3/c1-23-17(22)14-11-13(7-8-15(14)18)19-12-16(21)20-9-5-3-2-4-6-10-20/h7-8,11,19H,2-6,9-10,12H2,1H3. The molecule has 1 fully saturated rings. The van der Waals surface area contributed by atoms with Crippen LogP contribution in [0.4, 0.5) is 5.69 Å². The van der Waals surface area contributed by atoms with Crippen molar-refractivity contribution in [3.8, 4) is 0 Å². The molecule has 0 aliphatic carbocycles. The molecule has 0 radical (unpaired) electrons. The van der Waals surface area contributed by atoms with Crippen molar-refractivity contribution in [3.05, 3.63) is 28.8 Å². The first-order valence-corrected chi connectivity index (χ1v) is 8.39. The average molecular weight is 339 g/mol. The second-order valence-electron chi connectivity index (χ2n) is 5.69. The fraction of sp³-hybridized carbons (Fsp3) is 0.529. The summed E-state index contributed by atoms with van der Waals surface area (Å²) in [4.78, 5) is 25.9. The van der Waals surface area contributed by atoms with Gasteiger partial charge in [0, 0.05) is 18.8 Å². The number of esters is 1. The van der Waals surface area contributed by atoms with E-state index in [0.29, 0.717) is 10.7 Å². The number of methoxy groups -OCH3 is 1. The molecule has 0 unspecified atom stereocenters. The minimum absolute atomic E-state index is 0.0847. The summed E-state index contributed by atoms with van der Waals surface area (Å²) in [6.07, 6.45) is 5.79. The Morgan fingerprint density at radius 3 is 2.48 bits per heavy atom. The maximum absolute atomic E-state index is 12.3. The van der Waals surface area contributed by atoms with Crippen molar-refractivity contribution in [3.63, 3.8) is 0 Å². The van der Waals surface area contributed by atoms with E-state index >= 15 is 0 Å². The maximum atomic E-state index is 12.3. The van der Waals surface area contributed by atoms with E-state index in [1.807, 2.05) is 4.90 Å². The first-order valence-electron chi connectivity index (χ1n) is 8.01. The number of carbonyl (C=O) groups is 2. The summed E-state index contributed by atoms with van der Waals surface area (Å²) >= 11 is 5.98. The zero-order valence-corrected chi connectivity index (χ0v) is 14.2. The van der Waals surface area contributed by atoms with E-state index in [0.717, 1.165) is 25.9 Å². The van der Waals surface area contributed by atoms with Crippen molar-refractivity contribution in [1.29, 1.82) is 0 Å². The van der Waals surface area contributed by atoms with Crippen LogP contribution in [0.5, 0.6) is 0 Å². The number of hydrogen-bond donors (Lipinski definition) is 1. The molecule has 23 heavy (non-hydrogen) atoms. The molecule has 0 spiro atoms. The van der Waals surface area contributed by atoms with E-state index in [1.165, 1.54) is 26.4 Å². The van der Waals surface area contributed by atoms with Gasteiger partial charge < -0.3 is 15.0 Å². The maximum Gasteiger partial charge on any atom is 0.339 e. The lowest BCUT2D eigenvalue weighted by molar-refractivity contribution is -0.129. The third-order valence-corrected chi connectivity index (χ3v) is 4.35. The first-order chi connectivity index (χ1) is 11.1. The van der Waals surface area contributed by atoms with Crippen LogP contribution >= 0.6 is 11.6 Å². The Labute approximate surface area is 141 Å². The lowest BCUT2D eigenvalue weighted by atomic mass is 10.1. The number of ether oxygens (including phenoxy) is 1. The third kappa shape index (κ3) is 5.13. The highest BCUT2D eigenvalue weighted by Gasteiger charge is 2.15. The molecule has 6 heteroatoms. The van der Waals surface area contributed by atoms with E-state index in [1.54, 1.807) is 18.2 Å². The van der Waals surface area contributed by atoms with E-state index in [4.69, 9.17) is 16.3 Å². The Morgan fingerprint density at radius 2 is 1.83 bits per heavy atom. The van der Waals surface area contributed by atoms with E-state index < -0.39 is 5.97 Å². The van der Waals surface area contributed by atoms with Crippen LogP contribution in [-0.4, -0.2) is 43.5 Å². The number of halogens is 1. The SMILES string of the molecule is COC(=O)c1cc(NCC(=O)N2CCCCCCC2)ccc1Cl. The van der Waals surface area contributed by atoms with Crippen molar-refractivity contribution >= 4 is 29.2 Å². The molecular weight excluding hydrogens is 316 g/mol. The van der Waals surface area contributed by atoms with Crippen LogP contribution in [0.1, 0.15) is 42.5 Å². The van der Waals surface area contributed by atoms with Crippen molar-refractivity contribution in [2.45, 2.75) is 32.1 Å². The Hall–Kier alpha value is -1.75. The van der Waals surface area contributed by atoms with Gasteiger partial charge in [-0.3, -0.25) is 4.79 Å². The predicted molar refractivity (Wildman–Crippen MR) is 90.9 cm³/mol. The fourth-order valence-electron chi connectivity index (χ4n) is 2.69. The molecule has 1 saturated heterocycles. The molecule has 0 atom stereocenters. The zero-order valence-electron chi connectivity index (χ0n) is 13.4. The van der Waals surface area contributed by atoms with Gasteiger partial charge >= 0.3 is 5.97 Å². The summed E-state index contributed by atoms with van der Waals surface area (Å²) in [5.41, 5.74) is 0.966. The second kappa shape index (κ2) is 8.77. The van der Waals surface area contributed by atoms with Gasteiger partial charge in [-0.25, -0.2) is 4.79 Å². The minimum Gasteiger partial charge on any atom is -0.465 e. The number of benzene rings is 1. The highest BCUT2D eigenvalue weighted by atomic mass is 35.5. The molecule has 1 aromatic rings. The summed E-state index contributed by atoms with van der Waals surface area (Å²) < 4.78 is 4.69. The van der Waals surface area contributed by atoms with Crippen LogP contribution in [0, 0.1) is 0 Å². The molecule has 0 aromatic heterocycles. The number of rotatable bonds is 4. The highest BCUT2D eigenvalue weighted by molar-refractivity contribution is 6.33. The van der Waals surface area contributed by atoms with Crippen LogP contribution in [-0.2, 0) is 9.53 Å². The number of nitrogens with zero attached hydrogens (tertiary/aromatic N) is 1. The van der Waals surface area contributed by atoms with E-state index in [-0.39, 0.29) is 18.0 Å². The van der Waals surface area contributed by atoms with Gasteiger partial charge in [0.2, 0.25) is 5.91 Å². The molecule has 126 valence electrons. The van der Waals surface area contributed by atoms with Gasteiger partial charge in [-0.1, -0.05) is 30.9 Å². The summed E-state index contributed by atoms with van der Waals surface area (Å²) in [5.74, 6) is -0.407. The van der Waals surface area contributed by atoms with Crippen LogP contribution in [0.2, 0.25) is 5.02 Å². The second-order valence-corrected chi connectivity index (χ2v) is 6.10. The van der Waals surface area contributed by atoms with Crippen molar-refractivity contribution in [2.75, 3.05) is 32.1 Å². The van der Waals surface area contributed by atoms with Gasteiger partial charge in [0.15, 0.2) is 0 Å². The Morgan fingerprint density at radius 1 is 1.17 bits per heavy atom. The van der Waals surface area contributed by atoms with Crippen LogP contribution in [0.25, 0.3) is 0 Å². The molecule has 1 aliphatic heterocycles. The number of hydrogen-bond acceptors (Lipinski definition) is 4. The Kier molecular flexibility index (Phi) is 6.71. The van der Waals surface area contributed by atoms with Crippen molar-refractivity contribution in [2.24, 2.45) is 0 Å². The van der Waals surface area contributed by atoms with Gasteiger partial charge in [0.05, 0.1) is 24.2 Å². The highest BCUT2D eigenvalue weighted by Crippen LogP contribution is 2.21. The molecule has 1 heterocycles.